The Balaban J connectivity index is 2.60. The Bertz CT molecular complexity index is 510. The van der Waals surface area contributed by atoms with Crippen molar-refractivity contribution in [3.05, 3.63) is 53.3 Å². The number of nitriles is 1. The van der Waals surface area contributed by atoms with Crippen molar-refractivity contribution in [1.82, 2.24) is 4.57 Å². The van der Waals surface area contributed by atoms with Crippen molar-refractivity contribution in [2.75, 3.05) is 0 Å². The molecule has 0 bridgehead atoms. The first-order chi connectivity index (χ1) is 7.22. The number of benzene rings is 1. The van der Waals surface area contributed by atoms with E-state index in [0.717, 1.165) is 5.69 Å². The van der Waals surface area contributed by atoms with Gasteiger partial charge in [-0.05, 0) is 44.2 Å². The van der Waals surface area contributed by atoms with Crippen LogP contribution in [0.5, 0.6) is 0 Å². The van der Waals surface area contributed by atoms with Crippen LogP contribution in [0.25, 0.3) is 5.69 Å². The van der Waals surface area contributed by atoms with E-state index in [4.69, 9.17) is 5.26 Å². The minimum Gasteiger partial charge on any atom is -0.318 e. The number of hydrogen-bond acceptors (Lipinski definition) is 1. The van der Waals surface area contributed by atoms with Crippen molar-refractivity contribution in [3.8, 4) is 11.8 Å². The van der Waals surface area contributed by atoms with Crippen molar-refractivity contribution < 1.29 is 0 Å². The quantitative estimate of drug-likeness (QED) is 0.689. The highest BCUT2D eigenvalue weighted by Gasteiger charge is 2.03. The summed E-state index contributed by atoms with van der Waals surface area (Å²) in [6.07, 6.45) is 0. The van der Waals surface area contributed by atoms with Gasteiger partial charge in [0.15, 0.2) is 0 Å². The van der Waals surface area contributed by atoms with E-state index in [0.29, 0.717) is 5.56 Å². The van der Waals surface area contributed by atoms with Gasteiger partial charge in [0.25, 0.3) is 0 Å². The molecule has 0 amide bonds. The lowest BCUT2D eigenvalue weighted by atomic mass is 10.2. The summed E-state index contributed by atoms with van der Waals surface area (Å²) in [5.74, 6) is 0. The maximum Gasteiger partial charge on any atom is 0.0992 e. The Morgan fingerprint density at radius 2 is 1.73 bits per heavy atom. The normalized spacial score (nSPS) is 9.93. The molecule has 2 heteroatoms. The summed E-state index contributed by atoms with van der Waals surface area (Å²) in [5.41, 5.74) is 4.11. The largest absolute Gasteiger partial charge is 0.318 e. The molecule has 2 aromatic rings. The van der Waals surface area contributed by atoms with E-state index in [1.807, 2.05) is 24.3 Å². The van der Waals surface area contributed by atoms with E-state index in [2.05, 4.69) is 36.6 Å². The Morgan fingerprint density at radius 3 is 2.33 bits per heavy atom. The predicted octanol–water partition coefficient (Wildman–Crippen LogP) is 2.97. The molecule has 0 saturated heterocycles. The van der Waals surface area contributed by atoms with Gasteiger partial charge in [-0.25, -0.2) is 0 Å². The standard InChI is InChI=1S/C13H12N2/c1-10-6-7-11(2)15(10)13-5-3-4-12(8-13)9-14/h3-8H,1-2H3. The third-order valence-electron chi connectivity index (χ3n) is 2.50. The molecule has 2 rings (SSSR count). The van der Waals surface area contributed by atoms with Gasteiger partial charge in [-0.1, -0.05) is 6.07 Å². The molecule has 0 unspecified atom stereocenters. The summed E-state index contributed by atoms with van der Waals surface area (Å²) >= 11 is 0. The molecular formula is C13H12N2. The first kappa shape index (κ1) is 9.54. The van der Waals surface area contributed by atoms with E-state index in [1.54, 1.807) is 0 Å². The molecule has 0 aliphatic carbocycles. The van der Waals surface area contributed by atoms with Gasteiger partial charge >= 0.3 is 0 Å². The van der Waals surface area contributed by atoms with E-state index in [1.165, 1.54) is 11.4 Å². The summed E-state index contributed by atoms with van der Waals surface area (Å²) in [6.45, 7) is 4.12. The first-order valence-corrected chi connectivity index (χ1v) is 4.88. The molecule has 74 valence electrons. The molecule has 0 saturated carbocycles. The summed E-state index contributed by atoms with van der Waals surface area (Å²) in [6, 6.07) is 14.0. The Morgan fingerprint density at radius 1 is 1.07 bits per heavy atom. The predicted molar refractivity (Wildman–Crippen MR) is 60.0 cm³/mol. The van der Waals surface area contributed by atoms with Crippen molar-refractivity contribution >= 4 is 0 Å². The van der Waals surface area contributed by atoms with Crippen LogP contribution >= 0.6 is 0 Å². The second-order valence-corrected chi connectivity index (χ2v) is 3.61. The van der Waals surface area contributed by atoms with Crippen LogP contribution in [0, 0.1) is 25.2 Å². The van der Waals surface area contributed by atoms with Crippen molar-refractivity contribution in [1.29, 1.82) is 5.26 Å². The zero-order valence-electron chi connectivity index (χ0n) is 8.86. The zero-order valence-corrected chi connectivity index (χ0v) is 8.86. The fourth-order valence-electron chi connectivity index (χ4n) is 1.79. The van der Waals surface area contributed by atoms with Crippen LogP contribution in [-0.2, 0) is 0 Å². The number of rotatable bonds is 1. The van der Waals surface area contributed by atoms with Crippen LogP contribution in [0.4, 0.5) is 0 Å². The molecule has 0 fully saturated rings. The molecular weight excluding hydrogens is 184 g/mol. The van der Waals surface area contributed by atoms with Crippen LogP contribution in [0.1, 0.15) is 17.0 Å². The highest BCUT2D eigenvalue weighted by atomic mass is 15.0. The Hall–Kier alpha value is -2.01. The van der Waals surface area contributed by atoms with Gasteiger partial charge in [-0.15, -0.1) is 0 Å². The average Bonchev–Trinajstić information content (AvgIpc) is 2.59. The third-order valence-corrected chi connectivity index (χ3v) is 2.50. The SMILES string of the molecule is Cc1ccc(C)n1-c1cccc(C#N)c1. The van der Waals surface area contributed by atoms with Gasteiger partial charge < -0.3 is 4.57 Å². The number of aryl methyl sites for hydroxylation is 2. The molecule has 0 N–H and O–H groups in total. The van der Waals surface area contributed by atoms with Crippen LogP contribution in [-0.4, -0.2) is 4.57 Å². The summed E-state index contributed by atoms with van der Waals surface area (Å²) < 4.78 is 2.14. The fraction of sp³-hybridized carbons (Fsp3) is 0.154. The van der Waals surface area contributed by atoms with E-state index >= 15 is 0 Å². The van der Waals surface area contributed by atoms with Crippen LogP contribution in [0.15, 0.2) is 36.4 Å². The van der Waals surface area contributed by atoms with Gasteiger partial charge in [-0.2, -0.15) is 5.26 Å². The summed E-state index contributed by atoms with van der Waals surface area (Å²) in [5, 5.41) is 8.84. The lowest BCUT2D eigenvalue weighted by Gasteiger charge is -2.09. The van der Waals surface area contributed by atoms with Crippen molar-refractivity contribution in [2.24, 2.45) is 0 Å². The smallest absolute Gasteiger partial charge is 0.0992 e. The maximum absolute atomic E-state index is 8.84. The molecule has 1 aromatic carbocycles. The molecule has 0 radical (unpaired) electrons. The van der Waals surface area contributed by atoms with Gasteiger partial charge in [0.2, 0.25) is 0 Å². The second kappa shape index (κ2) is 3.62. The molecule has 0 aliphatic heterocycles. The second-order valence-electron chi connectivity index (χ2n) is 3.61. The lowest BCUT2D eigenvalue weighted by molar-refractivity contribution is 0.965. The molecule has 0 spiro atoms. The average molecular weight is 196 g/mol. The molecule has 2 nitrogen and oxygen atoms in total. The van der Waals surface area contributed by atoms with Crippen LogP contribution < -0.4 is 0 Å². The molecule has 15 heavy (non-hydrogen) atoms. The van der Waals surface area contributed by atoms with E-state index < -0.39 is 0 Å². The molecule has 0 atom stereocenters. The van der Waals surface area contributed by atoms with E-state index in [-0.39, 0.29) is 0 Å². The van der Waals surface area contributed by atoms with E-state index in [9.17, 15) is 0 Å². The minimum atomic E-state index is 0.694. The highest BCUT2D eigenvalue weighted by Crippen LogP contribution is 2.16. The molecule has 1 heterocycles. The number of aromatic nitrogens is 1. The fourth-order valence-corrected chi connectivity index (χ4v) is 1.79. The topological polar surface area (TPSA) is 28.7 Å². The monoisotopic (exact) mass is 196 g/mol. The van der Waals surface area contributed by atoms with Crippen molar-refractivity contribution in [3.63, 3.8) is 0 Å². The maximum atomic E-state index is 8.84. The van der Waals surface area contributed by atoms with Gasteiger partial charge in [0, 0.05) is 17.1 Å². The Labute approximate surface area is 89.4 Å². The van der Waals surface area contributed by atoms with Gasteiger partial charge in [0.05, 0.1) is 11.6 Å². The lowest BCUT2D eigenvalue weighted by Crippen LogP contribution is -1.98. The number of nitrogens with zero attached hydrogens (tertiary/aromatic N) is 2. The highest BCUT2D eigenvalue weighted by molar-refractivity contribution is 5.44. The minimum absolute atomic E-state index is 0.694. The molecule has 0 aliphatic rings. The van der Waals surface area contributed by atoms with Gasteiger partial charge in [0.1, 0.15) is 0 Å². The Kier molecular flexibility index (Phi) is 2.31. The van der Waals surface area contributed by atoms with Crippen LogP contribution in [0.3, 0.4) is 0 Å². The molecule has 1 aromatic heterocycles. The first-order valence-electron chi connectivity index (χ1n) is 4.88. The van der Waals surface area contributed by atoms with Crippen molar-refractivity contribution in [2.45, 2.75) is 13.8 Å². The van der Waals surface area contributed by atoms with Gasteiger partial charge in [-0.3, -0.25) is 0 Å². The third kappa shape index (κ3) is 1.64. The summed E-state index contributed by atoms with van der Waals surface area (Å²) in [7, 11) is 0. The van der Waals surface area contributed by atoms with Crippen LogP contribution in [0.2, 0.25) is 0 Å². The number of hydrogen-bond donors (Lipinski definition) is 0. The summed E-state index contributed by atoms with van der Waals surface area (Å²) in [4.78, 5) is 0. The zero-order chi connectivity index (χ0) is 10.8.